The van der Waals surface area contributed by atoms with Gasteiger partial charge in [-0.05, 0) is 12.8 Å². The third-order valence-electron chi connectivity index (χ3n) is 3.77. The first-order chi connectivity index (χ1) is 9.99. The number of hydrogen-bond donors (Lipinski definition) is 2. The third kappa shape index (κ3) is 2.84. The molecule has 2 unspecified atom stereocenters. The minimum absolute atomic E-state index is 0.0511. The molecule has 2 fully saturated rings. The summed E-state index contributed by atoms with van der Waals surface area (Å²) < 4.78 is 0. The van der Waals surface area contributed by atoms with Crippen LogP contribution in [0.25, 0.3) is 0 Å². The Morgan fingerprint density at radius 3 is 1.52 bits per heavy atom. The van der Waals surface area contributed by atoms with Crippen LogP contribution in [0.4, 0.5) is 9.59 Å². The topological polar surface area (TPSA) is 98.8 Å². The highest BCUT2D eigenvalue weighted by atomic mass is 16.2. The predicted octanol–water partition coefficient (Wildman–Crippen LogP) is 0.385. The normalized spacial score (nSPS) is 25.6. The van der Waals surface area contributed by atoms with Gasteiger partial charge in [-0.1, -0.05) is 26.7 Å². The Balaban J connectivity index is 2.14. The maximum Gasteiger partial charge on any atom is 0.326 e. The van der Waals surface area contributed by atoms with Crippen molar-refractivity contribution in [3.63, 3.8) is 0 Å². The van der Waals surface area contributed by atoms with Crippen molar-refractivity contribution in [2.75, 3.05) is 6.67 Å². The smallest absolute Gasteiger partial charge is 0.295 e. The number of urea groups is 2. The summed E-state index contributed by atoms with van der Waals surface area (Å²) in [6, 6.07) is -2.18. The van der Waals surface area contributed by atoms with Crippen LogP contribution in [0.1, 0.15) is 39.5 Å². The molecule has 2 saturated heterocycles. The molecule has 6 amide bonds. The molecule has 21 heavy (non-hydrogen) atoms. The molecule has 0 bridgehead atoms. The summed E-state index contributed by atoms with van der Waals surface area (Å²) in [4.78, 5) is 49.9. The van der Waals surface area contributed by atoms with Gasteiger partial charge in [0.1, 0.15) is 18.8 Å². The van der Waals surface area contributed by atoms with Gasteiger partial charge in [0.15, 0.2) is 0 Å². The van der Waals surface area contributed by atoms with Gasteiger partial charge in [-0.15, -0.1) is 0 Å². The third-order valence-corrected chi connectivity index (χ3v) is 3.77. The van der Waals surface area contributed by atoms with Gasteiger partial charge in [-0.25, -0.2) is 9.59 Å². The maximum atomic E-state index is 11.9. The lowest BCUT2D eigenvalue weighted by atomic mass is 10.1. The van der Waals surface area contributed by atoms with Gasteiger partial charge < -0.3 is 0 Å². The molecular formula is C13H20N4O4. The second-order valence-electron chi connectivity index (χ2n) is 5.28. The van der Waals surface area contributed by atoms with E-state index in [1.807, 2.05) is 13.8 Å². The molecule has 0 aromatic rings. The lowest BCUT2D eigenvalue weighted by molar-refractivity contribution is -0.122. The standard InChI is InChI=1S/C13H20N4O4/c1-3-5-8-10(18)14-12(20)16(8)7-17-9(6-4-2)11(19)15-13(17)21/h8-9H,3-7H2,1-2H3,(H,14,18,20)(H,15,19,21). The largest absolute Gasteiger partial charge is 0.326 e. The average molecular weight is 296 g/mol. The van der Waals surface area contributed by atoms with Gasteiger partial charge >= 0.3 is 12.1 Å². The molecule has 2 aliphatic rings. The van der Waals surface area contributed by atoms with Crippen LogP contribution in [-0.4, -0.2) is 52.4 Å². The van der Waals surface area contributed by atoms with Crippen LogP contribution in [0.15, 0.2) is 0 Å². The number of hydrogen-bond acceptors (Lipinski definition) is 4. The van der Waals surface area contributed by atoms with Crippen molar-refractivity contribution in [2.24, 2.45) is 0 Å². The summed E-state index contributed by atoms with van der Waals surface area (Å²) >= 11 is 0. The molecule has 2 heterocycles. The van der Waals surface area contributed by atoms with E-state index in [-0.39, 0.29) is 18.5 Å². The number of rotatable bonds is 6. The van der Waals surface area contributed by atoms with Gasteiger partial charge in [0.25, 0.3) is 11.8 Å². The zero-order valence-electron chi connectivity index (χ0n) is 12.2. The molecule has 0 saturated carbocycles. The number of carbonyl (C=O) groups excluding carboxylic acids is 4. The molecule has 116 valence electrons. The summed E-state index contributed by atoms with van der Waals surface area (Å²) in [7, 11) is 0. The van der Waals surface area contributed by atoms with Gasteiger partial charge in [0.2, 0.25) is 0 Å². The van der Waals surface area contributed by atoms with Crippen LogP contribution in [0.5, 0.6) is 0 Å². The Bertz CT molecular complexity index is 437. The summed E-state index contributed by atoms with van der Waals surface area (Å²) in [6.07, 6.45) is 2.54. The first-order valence-corrected chi connectivity index (χ1v) is 7.22. The van der Waals surface area contributed by atoms with Gasteiger partial charge in [0, 0.05) is 0 Å². The zero-order chi connectivity index (χ0) is 15.6. The maximum absolute atomic E-state index is 11.9. The van der Waals surface area contributed by atoms with Crippen molar-refractivity contribution in [1.82, 2.24) is 20.4 Å². The van der Waals surface area contributed by atoms with Crippen molar-refractivity contribution in [1.29, 1.82) is 0 Å². The first kappa shape index (κ1) is 15.3. The van der Waals surface area contributed by atoms with Crippen molar-refractivity contribution in [2.45, 2.75) is 51.6 Å². The molecule has 0 aromatic carbocycles. The fourth-order valence-electron chi connectivity index (χ4n) is 2.70. The Morgan fingerprint density at radius 2 is 1.19 bits per heavy atom. The molecular weight excluding hydrogens is 276 g/mol. The van der Waals surface area contributed by atoms with Gasteiger partial charge in [-0.3, -0.25) is 30.0 Å². The Labute approximate surface area is 122 Å². The Morgan fingerprint density at radius 1 is 0.810 bits per heavy atom. The van der Waals surface area contributed by atoms with Crippen LogP contribution >= 0.6 is 0 Å². The number of imide groups is 2. The molecule has 2 aliphatic heterocycles. The van der Waals surface area contributed by atoms with E-state index >= 15 is 0 Å². The molecule has 0 aliphatic carbocycles. The number of carbonyl (C=O) groups is 4. The van der Waals surface area contributed by atoms with Crippen molar-refractivity contribution in [3.05, 3.63) is 0 Å². The molecule has 8 nitrogen and oxygen atoms in total. The summed E-state index contributed by atoms with van der Waals surface area (Å²) in [5, 5.41) is 4.51. The SMILES string of the molecule is CCCC1C(=O)NC(=O)N1CN1C(=O)NC(=O)C1CCC. The minimum Gasteiger partial charge on any atom is -0.295 e. The van der Waals surface area contributed by atoms with E-state index in [2.05, 4.69) is 10.6 Å². The minimum atomic E-state index is -0.576. The lowest BCUT2D eigenvalue weighted by Crippen LogP contribution is -2.48. The first-order valence-electron chi connectivity index (χ1n) is 7.22. The van der Waals surface area contributed by atoms with Gasteiger partial charge in [0.05, 0.1) is 0 Å². The van der Waals surface area contributed by atoms with E-state index in [1.165, 1.54) is 9.80 Å². The van der Waals surface area contributed by atoms with Crippen molar-refractivity contribution >= 4 is 23.9 Å². The number of amides is 6. The highest BCUT2D eigenvalue weighted by Gasteiger charge is 2.44. The van der Waals surface area contributed by atoms with E-state index in [1.54, 1.807) is 0 Å². The monoisotopic (exact) mass is 296 g/mol. The van der Waals surface area contributed by atoms with Crippen LogP contribution in [-0.2, 0) is 9.59 Å². The quantitative estimate of drug-likeness (QED) is 0.692. The Hall–Kier alpha value is -2.12. The van der Waals surface area contributed by atoms with E-state index in [0.717, 1.165) is 12.8 Å². The second-order valence-corrected chi connectivity index (χ2v) is 5.28. The summed E-state index contributed by atoms with van der Waals surface area (Å²) in [5.41, 5.74) is 0. The highest BCUT2D eigenvalue weighted by Crippen LogP contribution is 2.19. The lowest BCUT2D eigenvalue weighted by Gasteiger charge is -2.29. The van der Waals surface area contributed by atoms with Crippen LogP contribution in [0, 0.1) is 0 Å². The van der Waals surface area contributed by atoms with Crippen molar-refractivity contribution < 1.29 is 19.2 Å². The molecule has 2 atom stereocenters. The van der Waals surface area contributed by atoms with Crippen molar-refractivity contribution in [3.8, 4) is 0 Å². The molecule has 8 heteroatoms. The molecule has 0 radical (unpaired) electrons. The molecule has 0 aromatic heterocycles. The zero-order valence-corrected chi connectivity index (χ0v) is 12.2. The number of nitrogens with one attached hydrogen (secondary N) is 2. The Kier molecular flexibility index (Phi) is 4.44. The van der Waals surface area contributed by atoms with E-state index < -0.39 is 24.1 Å². The van der Waals surface area contributed by atoms with E-state index in [9.17, 15) is 19.2 Å². The fourth-order valence-corrected chi connectivity index (χ4v) is 2.70. The number of nitrogens with zero attached hydrogens (tertiary/aromatic N) is 2. The van der Waals surface area contributed by atoms with Gasteiger partial charge in [-0.2, -0.15) is 0 Å². The van der Waals surface area contributed by atoms with Crippen LogP contribution < -0.4 is 10.6 Å². The predicted molar refractivity (Wildman–Crippen MR) is 73.0 cm³/mol. The fraction of sp³-hybridized carbons (Fsp3) is 0.692. The molecule has 2 rings (SSSR count). The summed E-state index contributed by atoms with van der Waals surface area (Å²) in [6.45, 7) is 3.78. The molecule has 2 N–H and O–H groups in total. The van der Waals surface area contributed by atoms with E-state index in [4.69, 9.17) is 0 Å². The average Bonchev–Trinajstić information content (AvgIpc) is 2.83. The highest BCUT2D eigenvalue weighted by molar-refractivity contribution is 6.06. The second kappa shape index (κ2) is 6.11. The van der Waals surface area contributed by atoms with Crippen LogP contribution in [0.2, 0.25) is 0 Å². The molecule has 0 spiro atoms. The van der Waals surface area contributed by atoms with Crippen LogP contribution in [0.3, 0.4) is 0 Å². The van der Waals surface area contributed by atoms with E-state index in [0.29, 0.717) is 12.8 Å². The summed E-state index contributed by atoms with van der Waals surface area (Å²) in [5.74, 6) is -0.695.